The highest BCUT2D eigenvalue weighted by molar-refractivity contribution is 5.76. The van der Waals surface area contributed by atoms with Crippen LogP contribution >= 0.6 is 0 Å². The molecule has 6 nitrogen and oxygen atoms in total. The van der Waals surface area contributed by atoms with E-state index in [2.05, 4.69) is 19.2 Å². The van der Waals surface area contributed by atoms with Crippen molar-refractivity contribution in [3.8, 4) is 0 Å². The first kappa shape index (κ1) is 59.6. The van der Waals surface area contributed by atoms with Crippen molar-refractivity contribution in [3.63, 3.8) is 0 Å². The third-order valence-electron chi connectivity index (χ3n) is 12.8. The number of allylic oxidation sites excluding steroid dienone is 1. The molecule has 0 aromatic rings. The van der Waals surface area contributed by atoms with Gasteiger partial charge in [-0.2, -0.15) is 0 Å². The van der Waals surface area contributed by atoms with Crippen molar-refractivity contribution in [2.75, 3.05) is 13.2 Å². The topological polar surface area (TPSA) is 95.9 Å². The van der Waals surface area contributed by atoms with E-state index in [9.17, 15) is 19.8 Å². The highest BCUT2D eigenvalue weighted by Gasteiger charge is 2.18. The van der Waals surface area contributed by atoms with Crippen LogP contribution in [0.4, 0.5) is 0 Å². The summed E-state index contributed by atoms with van der Waals surface area (Å²) in [6, 6.07) is -0.643. The summed E-state index contributed by atoms with van der Waals surface area (Å²) in [7, 11) is 0. The zero-order chi connectivity index (χ0) is 44.4. The summed E-state index contributed by atoms with van der Waals surface area (Å²) >= 11 is 0. The lowest BCUT2D eigenvalue weighted by Crippen LogP contribution is -2.45. The first-order valence-corrected chi connectivity index (χ1v) is 27.5. The van der Waals surface area contributed by atoms with Gasteiger partial charge >= 0.3 is 5.97 Å². The van der Waals surface area contributed by atoms with Gasteiger partial charge in [-0.1, -0.05) is 270 Å². The lowest BCUT2D eigenvalue weighted by molar-refractivity contribution is -0.143. The van der Waals surface area contributed by atoms with Crippen LogP contribution in [-0.2, 0) is 14.3 Å². The number of ether oxygens (including phenoxy) is 1. The second-order valence-electron chi connectivity index (χ2n) is 18.9. The SMILES string of the molecule is CCCCCCCCCCCCCCCCC/C=C/C(O)C(CO)NC(=O)CCCCCCCCCCCCOC(=O)CCCCCCCCCCCCCCCCCCC. The molecular formula is C55H107NO5. The van der Waals surface area contributed by atoms with Crippen LogP contribution in [0.25, 0.3) is 0 Å². The van der Waals surface area contributed by atoms with Gasteiger partial charge in [-0.25, -0.2) is 0 Å². The van der Waals surface area contributed by atoms with Crippen molar-refractivity contribution < 1.29 is 24.5 Å². The first-order valence-electron chi connectivity index (χ1n) is 27.5. The maximum absolute atomic E-state index is 12.4. The molecule has 362 valence electrons. The Balaban J connectivity index is 3.48. The van der Waals surface area contributed by atoms with Crippen molar-refractivity contribution in [2.45, 2.75) is 315 Å². The van der Waals surface area contributed by atoms with Gasteiger partial charge in [0.05, 0.1) is 25.4 Å². The van der Waals surface area contributed by atoms with E-state index in [0.29, 0.717) is 19.4 Å². The van der Waals surface area contributed by atoms with Crippen molar-refractivity contribution in [1.82, 2.24) is 5.32 Å². The molecule has 0 bridgehead atoms. The van der Waals surface area contributed by atoms with Gasteiger partial charge < -0.3 is 20.3 Å². The fourth-order valence-electron chi connectivity index (χ4n) is 8.58. The van der Waals surface area contributed by atoms with E-state index in [-0.39, 0.29) is 18.5 Å². The minimum Gasteiger partial charge on any atom is -0.466 e. The number of unbranched alkanes of at least 4 members (excludes halogenated alkanes) is 40. The van der Waals surface area contributed by atoms with Gasteiger partial charge in [0.15, 0.2) is 0 Å². The molecule has 61 heavy (non-hydrogen) atoms. The normalized spacial score (nSPS) is 12.7. The summed E-state index contributed by atoms with van der Waals surface area (Å²) in [5.41, 5.74) is 0. The Morgan fingerprint density at radius 3 is 1.11 bits per heavy atom. The average Bonchev–Trinajstić information content (AvgIpc) is 3.26. The van der Waals surface area contributed by atoms with Crippen molar-refractivity contribution in [3.05, 3.63) is 12.2 Å². The molecule has 1 amide bonds. The van der Waals surface area contributed by atoms with E-state index in [4.69, 9.17) is 4.74 Å². The number of hydrogen-bond acceptors (Lipinski definition) is 5. The minimum absolute atomic E-state index is 0.0164. The molecule has 3 N–H and O–H groups in total. The predicted molar refractivity (Wildman–Crippen MR) is 264 cm³/mol. The molecule has 0 aliphatic heterocycles. The fourth-order valence-corrected chi connectivity index (χ4v) is 8.58. The van der Waals surface area contributed by atoms with Crippen molar-refractivity contribution in [2.24, 2.45) is 0 Å². The van der Waals surface area contributed by atoms with Crippen LogP contribution in [0.1, 0.15) is 303 Å². The van der Waals surface area contributed by atoms with Crippen LogP contribution in [0.3, 0.4) is 0 Å². The molecule has 0 heterocycles. The zero-order valence-electron chi connectivity index (χ0n) is 41.2. The Bertz CT molecular complexity index is 909. The van der Waals surface area contributed by atoms with Gasteiger partial charge in [-0.05, 0) is 32.1 Å². The molecule has 0 fully saturated rings. The quantitative estimate of drug-likeness (QED) is 0.0322. The minimum atomic E-state index is -0.858. The summed E-state index contributed by atoms with van der Waals surface area (Å²) in [5.74, 6) is -0.104. The second kappa shape index (κ2) is 51.2. The Labute approximate surface area is 380 Å². The molecule has 0 aromatic heterocycles. The van der Waals surface area contributed by atoms with Crippen LogP contribution < -0.4 is 5.32 Å². The summed E-state index contributed by atoms with van der Waals surface area (Å²) in [6.45, 7) is 4.87. The van der Waals surface area contributed by atoms with Gasteiger partial charge in [0, 0.05) is 12.8 Å². The molecule has 0 spiro atoms. The highest BCUT2D eigenvalue weighted by atomic mass is 16.5. The number of carbonyl (C=O) groups is 2. The zero-order valence-corrected chi connectivity index (χ0v) is 41.2. The number of nitrogens with one attached hydrogen (secondary N) is 1. The number of aliphatic hydroxyl groups is 2. The van der Waals surface area contributed by atoms with E-state index in [0.717, 1.165) is 57.8 Å². The van der Waals surface area contributed by atoms with Gasteiger partial charge in [-0.15, -0.1) is 0 Å². The summed E-state index contributed by atoms with van der Waals surface area (Å²) in [6.07, 6.45) is 59.3. The number of rotatable bonds is 51. The first-order chi connectivity index (χ1) is 30.0. The van der Waals surface area contributed by atoms with Gasteiger partial charge in [0.25, 0.3) is 0 Å². The Hall–Kier alpha value is -1.40. The van der Waals surface area contributed by atoms with E-state index in [1.54, 1.807) is 6.08 Å². The summed E-state index contributed by atoms with van der Waals surface area (Å²) < 4.78 is 5.47. The fraction of sp³-hybridized carbons (Fsp3) is 0.927. The lowest BCUT2D eigenvalue weighted by Gasteiger charge is -2.20. The molecule has 0 saturated heterocycles. The van der Waals surface area contributed by atoms with Crippen LogP contribution in [0.15, 0.2) is 12.2 Å². The van der Waals surface area contributed by atoms with E-state index < -0.39 is 12.1 Å². The van der Waals surface area contributed by atoms with Gasteiger partial charge in [0.2, 0.25) is 5.91 Å². The number of carbonyl (C=O) groups excluding carboxylic acids is 2. The Morgan fingerprint density at radius 1 is 0.443 bits per heavy atom. The highest BCUT2D eigenvalue weighted by Crippen LogP contribution is 2.17. The van der Waals surface area contributed by atoms with Crippen molar-refractivity contribution in [1.29, 1.82) is 0 Å². The molecule has 0 aromatic carbocycles. The number of esters is 1. The molecule has 0 saturated carbocycles. The maximum Gasteiger partial charge on any atom is 0.305 e. The number of hydrogen-bond donors (Lipinski definition) is 3. The number of aliphatic hydroxyl groups excluding tert-OH is 2. The molecule has 0 rings (SSSR count). The third kappa shape index (κ3) is 47.9. The van der Waals surface area contributed by atoms with Crippen LogP contribution in [0.2, 0.25) is 0 Å². The largest absolute Gasteiger partial charge is 0.466 e. The second-order valence-corrected chi connectivity index (χ2v) is 18.9. The molecule has 2 unspecified atom stereocenters. The average molecular weight is 862 g/mol. The summed E-state index contributed by atoms with van der Waals surface area (Å²) in [5, 5.41) is 23.1. The third-order valence-corrected chi connectivity index (χ3v) is 12.8. The molecule has 0 radical (unpaired) electrons. The van der Waals surface area contributed by atoms with Crippen molar-refractivity contribution >= 4 is 11.9 Å². The van der Waals surface area contributed by atoms with Gasteiger partial charge in [0.1, 0.15) is 0 Å². The van der Waals surface area contributed by atoms with E-state index in [1.807, 2.05) is 6.08 Å². The molecular weight excluding hydrogens is 755 g/mol. The molecule has 2 atom stereocenters. The molecule has 6 heteroatoms. The monoisotopic (exact) mass is 862 g/mol. The molecule has 0 aliphatic carbocycles. The molecule has 0 aliphatic rings. The Kier molecular flexibility index (Phi) is 50.1. The van der Waals surface area contributed by atoms with E-state index >= 15 is 0 Å². The van der Waals surface area contributed by atoms with Crippen LogP contribution in [0, 0.1) is 0 Å². The maximum atomic E-state index is 12.4. The van der Waals surface area contributed by atoms with Crippen LogP contribution in [0.5, 0.6) is 0 Å². The predicted octanol–water partition coefficient (Wildman–Crippen LogP) is 16.5. The standard InChI is InChI=1S/C55H107NO5/c1-3-5-7-9-11-13-15-17-19-21-23-25-27-31-35-39-43-47-53(58)52(51-57)56-54(59)48-44-40-36-32-29-30-34-38-42-46-50-61-55(60)49-45-41-37-33-28-26-24-22-20-18-16-14-12-10-8-6-4-2/h43,47,52-53,57-58H,3-42,44-46,48-51H2,1-2H3,(H,56,59)/b47-43+. The Morgan fingerprint density at radius 2 is 0.754 bits per heavy atom. The number of amides is 1. The smallest absolute Gasteiger partial charge is 0.305 e. The van der Waals surface area contributed by atoms with E-state index in [1.165, 1.54) is 218 Å². The van der Waals surface area contributed by atoms with Gasteiger partial charge in [-0.3, -0.25) is 9.59 Å². The summed E-state index contributed by atoms with van der Waals surface area (Å²) in [4.78, 5) is 24.5. The van der Waals surface area contributed by atoms with Crippen LogP contribution in [-0.4, -0.2) is 47.4 Å². The lowest BCUT2D eigenvalue weighted by atomic mass is 10.0.